The zero-order chi connectivity index (χ0) is 13.8. The van der Waals surface area contributed by atoms with Crippen molar-refractivity contribution in [3.05, 3.63) is 22.7 Å². The number of benzene rings is 1. The average molecular weight is 345 g/mol. The predicted molar refractivity (Wildman–Crippen MR) is 61.6 cm³/mol. The number of nitriles is 1. The van der Waals surface area contributed by atoms with Crippen LogP contribution < -0.4 is 9.47 Å². The van der Waals surface area contributed by atoms with Gasteiger partial charge >= 0.3 is 6.36 Å². The number of halogens is 5. The van der Waals surface area contributed by atoms with E-state index in [4.69, 9.17) is 21.6 Å². The minimum atomic E-state index is -4.76. The summed E-state index contributed by atoms with van der Waals surface area (Å²) in [5.41, 5.74) is 0. The van der Waals surface area contributed by atoms with Gasteiger partial charge in [-0.1, -0.05) is 0 Å². The van der Waals surface area contributed by atoms with Gasteiger partial charge in [0, 0.05) is 0 Å². The maximum atomic E-state index is 12.0. The van der Waals surface area contributed by atoms with Crippen molar-refractivity contribution < 1.29 is 22.6 Å². The average Bonchev–Trinajstić information content (AvgIpc) is 2.27. The number of rotatable bonds is 4. The van der Waals surface area contributed by atoms with Crippen LogP contribution in [0.5, 0.6) is 11.5 Å². The second-order valence-electron chi connectivity index (χ2n) is 3.05. The molecule has 0 aromatic heterocycles. The Bertz CT molecular complexity index is 461. The molecule has 0 heterocycles. The molecule has 0 aliphatic carbocycles. The van der Waals surface area contributed by atoms with Gasteiger partial charge in [-0.2, -0.15) is 5.26 Å². The molecule has 1 aromatic rings. The third-order valence-corrected chi connectivity index (χ3v) is 2.51. The number of alkyl halides is 4. The Morgan fingerprint density at radius 2 is 2.11 bits per heavy atom. The van der Waals surface area contributed by atoms with Gasteiger partial charge in [-0.25, -0.2) is 0 Å². The molecule has 0 fully saturated rings. The third-order valence-electron chi connectivity index (χ3n) is 1.67. The third kappa shape index (κ3) is 5.02. The highest BCUT2D eigenvalue weighted by atomic mass is 79.9. The topological polar surface area (TPSA) is 42.2 Å². The van der Waals surface area contributed by atoms with E-state index in [1.54, 1.807) is 6.07 Å². The van der Waals surface area contributed by atoms with E-state index < -0.39 is 11.7 Å². The number of nitrogens with zero attached hydrogens (tertiary/aromatic N) is 1. The molecule has 1 rings (SSSR count). The van der Waals surface area contributed by atoms with Gasteiger partial charge in [0.15, 0.2) is 5.38 Å². The first kappa shape index (κ1) is 14.9. The second-order valence-corrected chi connectivity index (χ2v) is 4.43. The van der Waals surface area contributed by atoms with Crippen LogP contribution in [-0.4, -0.2) is 18.3 Å². The van der Waals surface area contributed by atoms with Crippen molar-refractivity contribution in [2.75, 3.05) is 6.61 Å². The van der Waals surface area contributed by atoms with E-state index in [0.29, 0.717) is 0 Å². The molecule has 1 unspecified atom stereocenters. The van der Waals surface area contributed by atoms with E-state index in [9.17, 15) is 13.2 Å². The van der Waals surface area contributed by atoms with Crippen molar-refractivity contribution in [2.24, 2.45) is 0 Å². The molecule has 98 valence electrons. The van der Waals surface area contributed by atoms with Crippen molar-refractivity contribution >= 4 is 27.5 Å². The Balaban J connectivity index is 2.71. The molecule has 1 aromatic carbocycles. The van der Waals surface area contributed by atoms with Crippen molar-refractivity contribution in [2.45, 2.75) is 11.7 Å². The minimum absolute atomic E-state index is 0.0655. The van der Waals surface area contributed by atoms with Crippen molar-refractivity contribution in [1.82, 2.24) is 0 Å². The van der Waals surface area contributed by atoms with Crippen LogP contribution in [0.4, 0.5) is 13.2 Å². The van der Waals surface area contributed by atoms with Crippen molar-refractivity contribution in [3.8, 4) is 17.6 Å². The molecule has 0 bridgehead atoms. The molecule has 0 spiro atoms. The van der Waals surface area contributed by atoms with Crippen LogP contribution in [0.1, 0.15) is 0 Å². The molecule has 0 amide bonds. The van der Waals surface area contributed by atoms with Gasteiger partial charge in [-0.15, -0.1) is 24.8 Å². The zero-order valence-corrected chi connectivity index (χ0v) is 11.0. The summed E-state index contributed by atoms with van der Waals surface area (Å²) in [4.78, 5) is 0. The SMILES string of the molecule is N#CC(Cl)COc1ccc(OC(F)(F)F)c(Br)c1. The largest absolute Gasteiger partial charge is 0.573 e. The normalized spacial score (nSPS) is 12.7. The van der Waals surface area contributed by atoms with Crippen LogP contribution in [0.15, 0.2) is 22.7 Å². The summed E-state index contributed by atoms with van der Waals surface area (Å²) in [6, 6.07) is 5.43. The number of hydrogen-bond acceptors (Lipinski definition) is 3. The molecule has 0 saturated heterocycles. The number of ether oxygens (including phenoxy) is 2. The summed E-state index contributed by atoms with van der Waals surface area (Å²) in [7, 11) is 0. The molecule has 0 N–H and O–H groups in total. The maximum absolute atomic E-state index is 12.0. The molecule has 0 radical (unpaired) electrons. The molecule has 1 atom stereocenters. The Labute approximate surface area is 114 Å². The molecule has 8 heteroatoms. The second kappa shape index (κ2) is 6.16. The van der Waals surface area contributed by atoms with Gasteiger partial charge in [0.2, 0.25) is 0 Å². The lowest BCUT2D eigenvalue weighted by molar-refractivity contribution is -0.274. The fourth-order valence-corrected chi connectivity index (χ4v) is 1.49. The summed E-state index contributed by atoms with van der Waals surface area (Å²) in [6.07, 6.45) is -4.76. The lowest BCUT2D eigenvalue weighted by atomic mass is 10.3. The highest BCUT2D eigenvalue weighted by molar-refractivity contribution is 9.10. The van der Waals surface area contributed by atoms with Gasteiger partial charge in [0.05, 0.1) is 10.5 Å². The molecular weight excluding hydrogens is 338 g/mol. The van der Waals surface area contributed by atoms with Gasteiger partial charge < -0.3 is 9.47 Å². The number of hydrogen-bond donors (Lipinski definition) is 0. The summed E-state index contributed by atoms with van der Waals surface area (Å²) in [5.74, 6) is -0.102. The van der Waals surface area contributed by atoms with Crippen LogP contribution in [0.25, 0.3) is 0 Å². The maximum Gasteiger partial charge on any atom is 0.573 e. The highest BCUT2D eigenvalue weighted by Crippen LogP contribution is 2.33. The fraction of sp³-hybridized carbons (Fsp3) is 0.300. The molecule has 0 aliphatic heterocycles. The van der Waals surface area contributed by atoms with Gasteiger partial charge in [-0.05, 0) is 34.1 Å². The fourth-order valence-electron chi connectivity index (χ4n) is 0.985. The lowest BCUT2D eigenvalue weighted by Gasteiger charge is -2.12. The lowest BCUT2D eigenvalue weighted by Crippen LogP contribution is -2.17. The first-order chi connectivity index (χ1) is 8.31. The monoisotopic (exact) mass is 343 g/mol. The van der Waals surface area contributed by atoms with Crippen LogP contribution in [0.2, 0.25) is 0 Å². The molecule has 0 saturated carbocycles. The molecular formula is C10H6BrClF3NO2. The predicted octanol–water partition coefficient (Wildman–Crippen LogP) is 3.86. The van der Waals surface area contributed by atoms with E-state index in [-0.39, 0.29) is 22.6 Å². The Hall–Kier alpha value is -1.13. The van der Waals surface area contributed by atoms with Crippen LogP contribution in [-0.2, 0) is 0 Å². The summed E-state index contributed by atoms with van der Waals surface area (Å²) < 4.78 is 44.9. The van der Waals surface area contributed by atoms with Crippen LogP contribution in [0, 0.1) is 11.3 Å². The Morgan fingerprint density at radius 3 is 2.61 bits per heavy atom. The molecule has 18 heavy (non-hydrogen) atoms. The van der Waals surface area contributed by atoms with Gasteiger partial charge in [-0.3, -0.25) is 0 Å². The van der Waals surface area contributed by atoms with Crippen molar-refractivity contribution in [1.29, 1.82) is 5.26 Å². The van der Waals surface area contributed by atoms with Gasteiger partial charge in [0.1, 0.15) is 18.1 Å². The van der Waals surface area contributed by atoms with E-state index in [1.807, 2.05) is 0 Å². The van der Waals surface area contributed by atoms with E-state index in [1.165, 1.54) is 12.1 Å². The summed E-state index contributed by atoms with van der Waals surface area (Å²) in [6.45, 7) is -0.0655. The highest BCUT2D eigenvalue weighted by Gasteiger charge is 2.31. The van der Waals surface area contributed by atoms with E-state index in [2.05, 4.69) is 20.7 Å². The van der Waals surface area contributed by atoms with Gasteiger partial charge in [0.25, 0.3) is 0 Å². The van der Waals surface area contributed by atoms with Crippen LogP contribution in [0.3, 0.4) is 0 Å². The molecule has 0 aliphatic rings. The summed E-state index contributed by atoms with van der Waals surface area (Å²) in [5, 5.41) is 7.60. The first-order valence-corrected chi connectivity index (χ1v) is 5.76. The molecule has 3 nitrogen and oxygen atoms in total. The van der Waals surface area contributed by atoms with E-state index >= 15 is 0 Å². The minimum Gasteiger partial charge on any atom is -0.491 e. The standard InChI is InChI=1S/C10H6BrClF3NO2/c11-8-3-7(17-5-6(12)4-16)1-2-9(8)18-10(13,14)15/h1-3,6H,5H2. The smallest absolute Gasteiger partial charge is 0.491 e. The van der Waals surface area contributed by atoms with Crippen molar-refractivity contribution in [3.63, 3.8) is 0 Å². The Morgan fingerprint density at radius 1 is 1.44 bits per heavy atom. The Kier molecular flexibility index (Phi) is 5.11. The summed E-state index contributed by atoms with van der Waals surface area (Å²) >= 11 is 8.42. The quantitative estimate of drug-likeness (QED) is 0.779. The zero-order valence-electron chi connectivity index (χ0n) is 8.67. The first-order valence-electron chi connectivity index (χ1n) is 4.53. The van der Waals surface area contributed by atoms with E-state index in [0.717, 1.165) is 6.07 Å². The van der Waals surface area contributed by atoms with Crippen LogP contribution >= 0.6 is 27.5 Å².